The van der Waals surface area contributed by atoms with Crippen LogP contribution in [-0.4, -0.2) is 24.5 Å². The largest absolute Gasteiger partial charge is 0.497 e. The van der Waals surface area contributed by atoms with E-state index in [4.69, 9.17) is 14.3 Å². The maximum absolute atomic E-state index is 11.2. The van der Waals surface area contributed by atoms with Gasteiger partial charge in [0, 0.05) is 11.1 Å². The SMILES string of the molecule is COc1ccc(C(=O)O)c(-c2ccoc2C=O)c1. The van der Waals surface area contributed by atoms with Gasteiger partial charge in [0.15, 0.2) is 12.0 Å². The average molecular weight is 246 g/mol. The zero-order valence-corrected chi connectivity index (χ0v) is 9.54. The minimum Gasteiger partial charge on any atom is -0.497 e. The van der Waals surface area contributed by atoms with Gasteiger partial charge in [0.2, 0.25) is 0 Å². The van der Waals surface area contributed by atoms with Crippen molar-refractivity contribution in [2.24, 2.45) is 0 Å². The number of hydrogen-bond donors (Lipinski definition) is 1. The van der Waals surface area contributed by atoms with E-state index >= 15 is 0 Å². The third-order valence-corrected chi connectivity index (χ3v) is 2.55. The molecule has 0 aliphatic heterocycles. The molecule has 18 heavy (non-hydrogen) atoms. The lowest BCUT2D eigenvalue weighted by atomic mass is 10.00. The molecule has 0 saturated carbocycles. The van der Waals surface area contributed by atoms with Crippen molar-refractivity contribution in [2.45, 2.75) is 0 Å². The van der Waals surface area contributed by atoms with Gasteiger partial charge in [-0.1, -0.05) is 0 Å². The van der Waals surface area contributed by atoms with E-state index in [0.29, 0.717) is 23.2 Å². The van der Waals surface area contributed by atoms with Crippen molar-refractivity contribution in [1.29, 1.82) is 0 Å². The minimum atomic E-state index is -1.08. The van der Waals surface area contributed by atoms with Crippen LogP contribution in [0.4, 0.5) is 0 Å². The quantitative estimate of drug-likeness (QED) is 0.838. The van der Waals surface area contributed by atoms with Gasteiger partial charge < -0.3 is 14.3 Å². The third-order valence-electron chi connectivity index (χ3n) is 2.55. The number of carbonyl (C=O) groups excluding carboxylic acids is 1. The second-order valence-electron chi connectivity index (χ2n) is 3.53. The summed E-state index contributed by atoms with van der Waals surface area (Å²) >= 11 is 0. The minimum absolute atomic E-state index is 0.0836. The molecule has 1 aromatic heterocycles. The number of aromatic carboxylic acids is 1. The first-order valence-electron chi connectivity index (χ1n) is 5.11. The van der Waals surface area contributed by atoms with Crippen LogP contribution >= 0.6 is 0 Å². The number of benzene rings is 1. The highest BCUT2D eigenvalue weighted by Gasteiger charge is 2.17. The first kappa shape index (κ1) is 11.9. The number of carboxylic acid groups (broad SMARTS) is 1. The van der Waals surface area contributed by atoms with E-state index in [9.17, 15) is 9.59 Å². The van der Waals surface area contributed by atoms with Crippen LogP contribution in [0, 0.1) is 0 Å². The third kappa shape index (κ3) is 1.98. The standard InChI is InChI=1S/C13H10O5/c1-17-8-2-3-10(13(15)16)11(6-8)9-4-5-18-12(9)7-14/h2-7H,1H3,(H,15,16). The lowest BCUT2D eigenvalue weighted by Gasteiger charge is -2.07. The molecular formula is C13H10O5. The Hall–Kier alpha value is -2.56. The Morgan fingerprint density at radius 1 is 1.33 bits per heavy atom. The van der Waals surface area contributed by atoms with Gasteiger partial charge in [-0.3, -0.25) is 4.79 Å². The second kappa shape index (κ2) is 4.75. The monoisotopic (exact) mass is 246 g/mol. The van der Waals surface area contributed by atoms with Crippen LogP contribution in [0.3, 0.4) is 0 Å². The van der Waals surface area contributed by atoms with Crippen molar-refractivity contribution < 1.29 is 23.8 Å². The summed E-state index contributed by atoms with van der Waals surface area (Å²) in [6.45, 7) is 0. The number of carboxylic acids is 1. The van der Waals surface area contributed by atoms with E-state index in [2.05, 4.69) is 0 Å². The van der Waals surface area contributed by atoms with Gasteiger partial charge in [-0.05, 0) is 24.3 Å². The summed E-state index contributed by atoms with van der Waals surface area (Å²) in [5.41, 5.74) is 0.902. The van der Waals surface area contributed by atoms with Crippen molar-refractivity contribution in [3.63, 3.8) is 0 Å². The van der Waals surface area contributed by atoms with E-state index < -0.39 is 5.97 Å². The molecule has 0 fully saturated rings. The molecule has 0 radical (unpaired) electrons. The van der Waals surface area contributed by atoms with Gasteiger partial charge in [-0.2, -0.15) is 0 Å². The normalized spacial score (nSPS) is 10.1. The first-order valence-corrected chi connectivity index (χ1v) is 5.11. The molecule has 5 heteroatoms. The lowest BCUT2D eigenvalue weighted by molar-refractivity contribution is 0.0697. The molecule has 92 valence electrons. The summed E-state index contributed by atoms with van der Waals surface area (Å²) in [6, 6.07) is 6.08. The maximum Gasteiger partial charge on any atom is 0.336 e. The van der Waals surface area contributed by atoms with Crippen LogP contribution in [0.25, 0.3) is 11.1 Å². The molecule has 5 nitrogen and oxygen atoms in total. The van der Waals surface area contributed by atoms with E-state index in [-0.39, 0.29) is 11.3 Å². The Kier molecular flexibility index (Phi) is 3.14. The Balaban J connectivity index is 2.67. The zero-order chi connectivity index (χ0) is 13.1. The molecular weight excluding hydrogens is 236 g/mol. The number of furan rings is 1. The number of ether oxygens (including phenoxy) is 1. The fourth-order valence-electron chi connectivity index (χ4n) is 1.69. The molecule has 0 bridgehead atoms. The van der Waals surface area contributed by atoms with Gasteiger partial charge in [-0.15, -0.1) is 0 Å². The van der Waals surface area contributed by atoms with Gasteiger partial charge in [0.05, 0.1) is 18.9 Å². The summed E-state index contributed by atoms with van der Waals surface area (Å²) in [5.74, 6) is -0.482. The predicted molar refractivity (Wildman–Crippen MR) is 63.0 cm³/mol. The van der Waals surface area contributed by atoms with Crippen molar-refractivity contribution in [2.75, 3.05) is 7.11 Å². The van der Waals surface area contributed by atoms with Gasteiger partial charge in [0.1, 0.15) is 5.75 Å². The Bertz CT molecular complexity index is 597. The molecule has 2 aromatic rings. The number of rotatable bonds is 4. The number of methoxy groups -OCH3 is 1. The molecule has 0 spiro atoms. The molecule has 1 aromatic carbocycles. The summed E-state index contributed by atoms with van der Waals surface area (Å²) < 4.78 is 10.0. The Morgan fingerprint density at radius 2 is 2.11 bits per heavy atom. The topological polar surface area (TPSA) is 76.7 Å². The predicted octanol–water partition coefficient (Wildman–Crippen LogP) is 2.47. The molecule has 0 unspecified atom stereocenters. The van der Waals surface area contributed by atoms with Crippen molar-refractivity contribution >= 4 is 12.3 Å². The fraction of sp³-hybridized carbons (Fsp3) is 0.0769. The average Bonchev–Trinajstić information content (AvgIpc) is 2.85. The molecule has 2 rings (SSSR count). The van der Waals surface area contributed by atoms with E-state index in [1.54, 1.807) is 18.2 Å². The number of hydrogen-bond acceptors (Lipinski definition) is 4. The highest BCUT2D eigenvalue weighted by atomic mass is 16.5. The second-order valence-corrected chi connectivity index (χ2v) is 3.53. The number of carbonyl (C=O) groups is 2. The van der Waals surface area contributed by atoms with Gasteiger partial charge in [-0.25, -0.2) is 4.79 Å². The first-order chi connectivity index (χ1) is 8.67. The van der Waals surface area contributed by atoms with Gasteiger partial charge >= 0.3 is 5.97 Å². The molecule has 0 atom stereocenters. The molecule has 0 aliphatic carbocycles. The molecule has 0 aliphatic rings. The highest BCUT2D eigenvalue weighted by Crippen LogP contribution is 2.30. The van der Waals surface area contributed by atoms with Crippen LogP contribution in [0.5, 0.6) is 5.75 Å². The van der Waals surface area contributed by atoms with Crippen LogP contribution in [0.1, 0.15) is 20.9 Å². The Labute approximate surface area is 103 Å². The van der Waals surface area contributed by atoms with Crippen molar-refractivity contribution in [1.82, 2.24) is 0 Å². The smallest absolute Gasteiger partial charge is 0.336 e. The highest BCUT2D eigenvalue weighted by molar-refractivity contribution is 5.98. The summed E-state index contributed by atoms with van der Waals surface area (Å²) in [5, 5.41) is 9.13. The zero-order valence-electron chi connectivity index (χ0n) is 9.54. The summed E-state index contributed by atoms with van der Waals surface area (Å²) in [4.78, 5) is 22.0. The van der Waals surface area contributed by atoms with Crippen molar-refractivity contribution in [3.8, 4) is 16.9 Å². The van der Waals surface area contributed by atoms with E-state index in [1.807, 2.05) is 0 Å². The van der Waals surface area contributed by atoms with Gasteiger partial charge in [0.25, 0.3) is 0 Å². The van der Waals surface area contributed by atoms with Crippen LogP contribution in [0.2, 0.25) is 0 Å². The molecule has 1 N–H and O–H groups in total. The van der Waals surface area contributed by atoms with Crippen LogP contribution in [0.15, 0.2) is 34.9 Å². The van der Waals surface area contributed by atoms with E-state index in [0.717, 1.165) is 0 Å². The molecule has 1 heterocycles. The lowest BCUT2D eigenvalue weighted by Crippen LogP contribution is -2.00. The van der Waals surface area contributed by atoms with Crippen LogP contribution in [-0.2, 0) is 0 Å². The summed E-state index contributed by atoms with van der Waals surface area (Å²) in [6.07, 6.45) is 1.88. The molecule has 0 saturated heterocycles. The van der Waals surface area contributed by atoms with Crippen LogP contribution < -0.4 is 4.74 Å². The number of aldehydes is 1. The molecule has 0 amide bonds. The van der Waals surface area contributed by atoms with E-state index in [1.165, 1.54) is 19.4 Å². The maximum atomic E-state index is 11.2. The summed E-state index contributed by atoms with van der Waals surface area (Å²) in [7, 11) is 1.48. The Morgan fingerprint density at radius 3 is 2.72 bits per heavy atom. The fourth-order valence-corrected chi connectivity index (χ4v) is 1.69. The van der Waals surface area contributed by atoms with Crippen molar-refractivity contribution in [3.05, 3.63) is 41.9 Å².